The number of carbonyl (C=O) groups excluding carboxylic acids is 1. The van der Waals surface area contributed by atoms with Crippen LogP contribution in [-0.4, -0.2) is 48.2 Å². The highest BCUT2D eigenvalue weighted by Gasteiger charge is 2.40. The Morgan fingerprint density at radius 1 is 1.41 bits per heavy atom. The number of nitrogens with two attached hydrogens (primary N) is 1. The molecule has 1 aliphatic rings. The van der Waals surface area contributed by atoms with Crippen LogP contribution >= 0.6 is 0 Å². The number of rotatable bonds is 8. The zero-order valence-electron chi connectivity index (χ0n) is 15.6. The van der Waals surface area contributed by atoms with Crippen LogP contribution in [0.2, 0.25) is 0 Å². The summed E-state index contributed by atoms with van der Waals surface area (Å²) in [7, 11) is -4.02. The van der Waals surface area contributed by atoms with E-state index < -0.39 is 32.4 Å². The molecule has 10 heteroatoms. The Labute approximate surface area is 159 Å². The van der Waals surface area contributed by atoms with E-state index in [1.807, 2.05) is 13.8 Å². The average molecular weight is 398 g/mol. The summed E-state index contributed by atoms with van der Waals surface area (Å²) in [6, 6.07) is 4.02. The first kappa shape index (κ1) is 21.3. The van der Waals surface area contributed by atoms with Gasteiger partial charge in [-0.2, -0.15) is 4.31 Å². The van der Waals surface area contributed by atoms with Crippen LogP contribution in [0.5, 0.6) is 0 Å². The number of hydrogen-bond acceptors (Lipinski definition) is 6. The van der Waals surface area contributed by atoms with Gasteiger partial charge in [0.05, 0.1) is 9.82 Å². The molecular weight excluding hydrogens is 372 g/mol. The monoisotopic (exact) mass is 398 g/mol. The second-order valence-corrected chi connectivity index (χ2v) is 8.71. The van der Waals surface area contributed by atoms with Gasteiger partial charge in [0.2, 0.25) is 15.9 Å². The van der Waals surface area contributed by atoms with Gasteiger partial charge in [-0.25, -0.2) is 8.42 Å². The molecule has 0 bridgehead atoms. The van der Waals surface area contributed by atoms with Crippen molar-refractivity contribution in [2.24, 2.45) is 5.73 Å². The predicted octanol–water partition coefficient (Wildman–Crippen LogP) is 1.38. The third kappa shape index (κ3) is 4.63. The predicted molar refractivity (Wildman–Crippen MR) is 101 cm³/mol. The molecule has 0 aliphatic carbocycles. The largest absolute Gasteiger partial charge is 0.353 e. The minimum atomic E-state index is -4.02. The summed E-state index contributed by atoms with van der Waals surface area (Å²) in [5.74, 6) is -0.391. The Bertz CT molecular complexity index is 807. The summed E-state index contributed by atoms with van der Waals surface area (Å²) < 4.78 is 27.0. The Hall–Kier alpha value is -2.04. The molecule has 1 unspecified atom stereocenters. The molecule has 0 saturated carbocycles. The van der Waals surface area contributed by atoms with Crippen LogP contribution in [-0.2, 0) is 14.8 Å². The number of carbonyl (C=O) groups is 1. The van der Waals surface area contributed by atoms with E-state index in [-0.39, 0.29) is 23.7 Å². The molecule has 1 amide bonds. The van der Waals surface area contributed by atoms with Crippen molar-refractivity contribution < 1.29 is 18.1 Å². The van der Waals surface area contributed by atoms with Gasteiger partial charge in [-0.05, 0) is 31.7 Å². The van der Waals surface area contributed by atoms with Crippen molar-refractivity contribution >= 4 is 21.6 Å². The number of nitro benzene ring substituents is 1. The van der Waals surface area contributed by atoms with Crippen LogP contribution in [0.1, 0.15) is 39.5 Å². The third-order valence-electron chi connectivity index (χ3n) is 5.16. The van der Waals surface area contributed by atoms with Gasteiger partial charge in [0.1, 0.15) is 6.04 Å². The van der Waals surface area contributed by atoms with Gasteiger partial charge in [-0.15, -0.1) is 0 Å². The molecule has 1 aromatic rings. The second-order valence-electron chi connectivity index (χ2n) is 6.82. The van der Waals surface area contributed by atoms with Gasteiger partial charge in [0, 0.05) is 30.8 Å². The van der Waals surface area contributed by atoms with Crippen molar-refractivity contribution in [2.45, 2.75) is 56.0 Å². The molecule has 1 atom stereocenters. The topological polar surface area (TPSA) is 136 Å². The highest BCUT2D eigenvalue weighted by Crippen LogP contribution is 2.28. The summed E-state index contributed by atoms with van der Waals surface area (Å²) >= 11 is 0. The third-order valence-corrected chi connectivity index (χ3v) is 7.07. The highest BCUT2D eigenvalue weighted by atomic mass is 32.2. The molecule has 1 aliphatic heterocycles. The van der Waals surface area contributed by atoms with Gasteiger partial charge in [0.15, 0.2) is 0 Å². The first-order chi connectivity index (χ1) is 12.6. The van der Waals surface area contributed by atoms with Crippen LogP contribution < -0.4 is 11.1 Å². The molecular formula is C17H26N4O5S. The molecule has 1 saturated heterocycles. The number of nitro groups is 1. The molecule has 0 aromatic heterocycles. The van der Waals surface area contributed by atoms with Crippen molar-refractivity contribution in [1.29, 1.82) is 0 Å². The lowest BCUT2D eigenvalue weighted by Gasteiger charge is -2.29. The van der Waals surface area contributed by atoms with Crippen molar-refractivity contribution in [1.82, 2.24) is 9.62 Å². The van der Waals surface area contributed by atoms with E-state index >= 15 is 0 Å². The van der Waals surface area contributed by atoms with E-state index in [1.54, 1.807) is 0 Å². The highest BCUT2D eigenvalue weighted by molar-refractivity contribution is 7.89. The van der Waals surface area contributed by atoms with Crippen LogP contribution in [0.15, 0.2) is 29.2 Å². The number of amides is 1. The normalized spacial score (nSPS) is 18.4. The average Bonchev–Trinajstić information content (AvgIpc) is 3.16. The fourth-order valence-electron chi connectivity index (χ4n) is 3.06. The Morgan fingerprint density at radius 3 is 2.67 bits per heavy atom. The van der Waals surface area contributed by atoms with Crippen LogP contribution in [0.3, 0.4) is 0 Å². The molecule has 9 nitrogen and oxygen atoms in total. The van der Waals surface area contributed by atoms with Gasteiger partial charge in [-0.1, -0.05) is 19.9 Å². The summed E-state index contributed by atoms with van der Waals surface area (Å²) in [5, 5.41) is 13.7. The fourth-order valence-corrected chi connectivity index (χ4v) is 4.76. The van der Waals surface area contributed by atoms with Gasteiger partial charge < -0.3 is 11.1 Å². The van der Waals surface area contributed by atoms with E-state index in [2.05, 4.69) is 5.32 Å². The van der Waals surface area contributed by atoms with E-state index in [1.165, 1.54) is 18.2 Å². The van der Waals surface area contributed by atoms with Crippen LogP contribution in [0.4, 0.5) is 5.69 Å². The number of nitrogens with zero attached hydrogens (tertiary/aromatic N) is 2. The summed E-state index contributed by atoms with van der Waals surface area (Å²) in [6.07, 6.45) is 2.31. The van der Waals surface area contributed by atoms with Crippen LogP contribution in [0, 0.1) is 10.1 Å². The fraction of sp³-hybridized carbons (Fsp3) is 0.588. The minimum absolute atomic E-state index is 0.188. The first-order valence-corrected chi connectivity index (χ1v) is 10.4. The standard InChI is InChI=1S/C17H26N4O5S/c1-3-17(18,4-2)12-19-16(22)15-9-6-10-20(15)27(25,26)14-8-5-7-13(11-14)21(23)24/h5,7-8,11,15H,3-4,6,9-10,12,18H2,1-2H3,(H,19,22). The van der Waals surface area contributed by atoms with Crippen molar-refractivity contribution in [3.05, 3.63) is 34.4 Å². The molecule has 0 spiro atoms. The Morgan fingerprint density at radius 2 is 2.07 bits per heavy atom. The van der Waals surface area contributed by atoms with E-state index in [9.17, 15) is 23.3 Å². The molecule has 150 valence electrons. The van der Waals surface area contributed by atoms with Crippen molar-refractivity contribution in [2.75, 3.05) is 13.1 Å². The van der Waals surface area contributed by atoms with E-state index in [4.69, 9.17) is 5.73 Å². The molecule has 3 N–H and O–H groups in total. The maximum atomic E-state index is 12.9. The quantitative estimate of drug-likeness (QED) is 0.501. The lowest BCUT2D eigenvalue weighted by atomic mass is 9.94. The molecule has 2 rings (SSSR count). The zero-order chi connectivity index (χ0) is 20.2. The lowest BCUT2D eigenvalue weighted by molar-refractivity contribution is -0.385. The first-order valence-electron chi connectivity index (χ1n) is 8.97. The molecule has 1 fully saturated rings. The summed E-state index contributed by atoms with van der Waals surface area (Å²) in [5.41, 5.74) is 5.35. The zero-order valence-corrected chi connectivity index (χ0v) is 16.4. The van der Waals surface area contributed by atoms with E-state index in [0.717, 1.165) is 10.4 Å². The lowest BCUT2D eigenvalue weighted by Crippen LogP contribution is -2.53. The molecule has 27 heavy (non-hydrogen) atoms. The molecule has 0 radical (unpaired) electrons. The number of non-ortho nitro benzene ring substituents is 1. The number of benzene rings is 1. The number of hydrogen-bond donors (Lipinski definition) is 2. The molecule has 1 aromatic carbocycles. The Kier molecular flexibility index (Phi) is 6.55. The Balaban J connectivity index is 2.20. The van der Waals surface area contributed by atoms with E-state index in [0.29, 0.717) is 25.7 Å². The second kappa shape index (κ2) is 8.32. The molecule has 1 heterocycles. The maximum Gasteiger partial charge on any atom is 0.270 e. The van der Waals surface area contributed by atoms with Gasteiger partial charge >= 0.3 is 0 Å². The van der Waals surface area contributed by atoms with Gasteiger partial charge in [0.25, 0.3) is 5.69 Å². The van der Waals surface area contributed by atoms with Crippen molar-refractivity contribution in [3.63, 3.8) is 0 Å². The number of nitrogens with one attached hydrogen (secondary N) is 1. The van der Waals surface area contributed by atoms with Gasteiger partial charge in [-0.3, -0.25) is 14.9 Å². The maximum absolute atomic E-state index is 12.9. The van der Waals surface area contributed by atoms with Crippen LogP contribution in [0.25, 0.3) is 0 Å². The summed E-state index contributed by atoms with van der Waals surface area (Å²) in [6.45, 7) is 4.33. The van der Waals surface area contributed by atoms with Crippen molar-refractivity contribution in [3.8, 4) is 0 Å². The smallest absolute Gasteiger partial charge is 0.270 e. The summed E-state index contributed by atoms with van der Waals surface area (Å²) in [4.78, 5) is 22.7. The minimum Gasteiger partial charge on any atom is -0.353 e. The SMILES string of the molecule is CCC(N)(CC)CNC(=O)C1CCCN1S(=O)(=O)c1cccc([N+](=O)[O-])c1. The number of sulfonamides is 1.